The summed E-state index contributed by atoms with van der Waals surface area (Å²) >= 11 is 0. The second-order valence-electron chi connectivity index (χ2n) is 3.08. The van der Waals surface area contributed by atoms with Crippen LogP contribution in [0.15, 0.2) is 12.1 Å². The van der Waals surface area contributed by atoms with E-state index in [-0.39, 0.29) is 6.10 Å². The molecule has 0 aromatic carbocycles. The van der Waals surface area contributed by atoms with Crippen molar-refractivity contribution >= 4 is 0 Å². The molecule has 1 rings (SSSR count). The van der Waals surface area contributed by atoms with Gasteiger partial charge in [-0.25, -0.2) is 0 Å². The number of nitrogens with zero attached hydrogens (tertiary/aromatic N) is 1. The molecule has 0 unspecified atom stereocenters. The van der Waals surface area contributed by atoms with E-state index in [0.29, 0.717) is 6.54 Å². The standard InChI is InChI=1S/C9H15NO/c1-7-4-5-8(2)10(7)6-9(3)11/h4-5,9,11H,6H2,1-3H3/t9-/m0/s1. The number of hydrogen-bond donors (Lipinski definition) is 1. The molecule has 0 fully saturated rings. The fourth-order valence-electron chi connectivity index (χ4n) is 1.25. The highest BCUT2D eigenvalue weighted by atomic mass is 16.3. The molecule has 0 aliphatic carbocycles. The second-order valence-corrected chi connectivity index (χ2v) is 3.08. The first-order valence-electron chi connectivity index (χ1n) is 3.92. The maximum atomic E-state index is 9.15. The lowest BCUT2D eigenvalue weighted by Crippen LogP contribution is -2.13. The van der Waals surface area contributed by atoms with Gasteiger partial charge in [0.1, 0.15) is 0 Å². The van der Waals surface area contributed by atoms with Crippen molar-refractivity contribution in [3.05, 3.63) is 23.5 Å². The third kappa shape index (κ3) is 1.84. The van der Waals surface area contributed by atoms with Crippen LogP contribution >= 0.6 is 0 Å². The van der Waals surface area contributed by atoms with Gasteiger partial charge in [-0.3, -0.25) is 0 Å². The molecule has 11 heavy (non-hydrogen) atoms. The maximum absolute atomic E-state index is 9.15. The van der Waals surface area contributed by atoms with Crippen LogP contribution in [-0.2, 0) is 6.54 Å². The van der Waals surface area contributed by atoms with Crippen LogP contribution in [0.5, 0.6) is 0 Å². The van der Waals surface area contributed by atoms with Crippen molar-refractivity contribution in [2.45, 2.75) is 33.4 Å². The molecule has 2 heteroatoms. The molecule has 62 valence electrons. The maximum Gasteiger partial charge on any atom is 0.0691 e. The second kappa shape index (κ2) is 3.09. The number of aliphatic hydroxyl groups excluding tert-OH is 1. The Morgan fingerprint density at radius 3 is 2.18 bits per heavy atom. The first-order valence-corrected chi connectivity index (χ1v) is 3.92. The van der Waals surface area contributed by atoms with E-state index in [4.69, 9.17) is 5.11 Å². The summed E-state index contributed by atoms with van der Waals surface area (Å²) < 4.78 is 2.12. The topological polar surface area (TPSA) is 25.2 Å². The van der Waals surface area contributed by atoms with Crippen molar-refractivity contribution in [3.63, 3.8) is 0 Å². The molecule has 0 spiro atoms. The predicted molar refractivity (Wildman–Crippen MR) is 45.6 cm³/mol. The number of hydrogen-bond acceptors (Lipinski definition) is 1. The van der Waals surface area contributed by atoms with E-state index in [2.05, 4.69) is 30.5 Å². The van der Waals surface area contributed by atoms with Crippen LogP contribution in [-0.4, -0.2) is 15.8 Å². The summed E-state index contributed by atoms with van der Waals surface area (Å²) in [6, 6.07) is 4.13. The van der Waals surface area contributed by atoms with Gasteiger partial charge in [0.2, 0.25) is 0 Å². The molecule has 0 saturated carbocycles. The molecule has 1 N–H and O–H groups in total. The smallest absolute Gasteiger partial charge is 0.0691 e. The van der Waals surface area contributed by atoms with Crippen LogP contribution in [0.25, 0.3) is 0 Å². The highest BCUT2D eigenvalue weighted by Crippen LogP contribution is 2.07. The summed E-state index contributed by atoms with van der Waals surface area (Å²) in [5, 5.41) is 9.15. The van der Waals surface area contributed by atoms with Crippen LogP contribution in [0.1, 0.15) is 18.3 Å². The monoisotopic (exact) mass is 153 g/mol. The van der Waals surface area contributed by atoms with Gasteiger partial charge in [-0.05, 0) is 32.9 Å². The van der Waals surface area contributed by atoms with E-state index in [9.17, 15) is 0 Å². The summed E-state index contributed by atoms with van der Waals surface area (Å²) in [4.78, 5) is 0. The zero-order chi connectivity index (χ0) is 8.43. The molecule has 0 aliphatic heterocycles. The first kappa shape index (κ1) is 8.34. The Morgan fingerprint density at radius 2 is 1.82 bits per heavy atom. The number of aliphatic hydroxyl groups is 1. The molecular formula is C9H15NO. The highest BCUT2D eigenvalue weighted by Gasteiger charge is 2.02. The van der Waals surface area contributed by atoms with Crippen LogP contribution in [0.4, 0.5) is 0 Å². The molecule has 2 nitrogen and oxygen atoms in total. The highest BCUT2D eigenvalue weighted by molar-refractivity contribution is 5.13. The predicted octanol–water partition coefficient (Wildman–Crippen LogP) is 1.49. The molecule has 0 amide bonds. The van der Waals surface area contributed by atoms with Crippen LogP contribution in [0, 0.1) is 13.8 Å². The number of rotatable bonds is 2. The third-order valence-corrected chi connectivity index (χ3v) is 1.86. The summed E-state index contributed by atoms with van der Waals surface area (Å²) in [5.74, 6) is 0. The summed E-state index contributed by atoms with van der Waals surface area (Å²) in [5.41, 5.74) is 2.42. The first-order chi connectivity index (χ1) is 5.11. The van der Waals surface area contributed by atoms with Gasteiger partial charge in [0, 0.05) is 17.9 Å². The van der Waals surface area contributed by atoms with Crippen molar-refractivity contribution in [2.24, 2.45) is 0 Å². The summed E-state index contributed by atoms with van der Waals surface area (Å²) in [6.45, 7) is 6.61. The number of aryl methyl sites for hydroxylation is 2. The molecule has 0 saturated heterocycles. The van der Waals surface area contributed by atoms with Crippen molar-refractivity contribution in [3.8, 4) is 0 Å². The normalized spacial score (nSPS) is 13.5. The number of aromatic nitrogens is 1. The zero-order valence-corrected chi connectivity index (χ0v) is 7.33. The van der Waals surface area contributed by atoms with Gasteiger partial charge in [-0.1, -0.05) is 0 Å². The quantitative estimate of drug-likeness (QED) is 0.684. The van der Waals surface area contributed by atoms with Crippen LogP contribution < -0.4 is 0 Å². The van der Waals surface area contributed by atoms with E-state index < -0.39 is 0 Å². The van der Waals surface area contributed by atoms with Crippen molar-refractivity contribution in [1.29, 1.82) is 0 Å². The zero-order valence-electron chi connectivity index (χ0n) is 7.33. The lowest BCUT2D eigenvalue weighted by molar-refractivity contribution is 0.172. The van der Waals surface area contributed by atoms with Gasteiger partial charge in [-0.2, -0.15) is 0 Å². The molecule has 0 aliphatic rings. The molecule has 1 atom stereocenters. The SMILES string of the molecule is Cc1ccc(C)n1C[C@H](C)O. The Balaban J connectivity index is 2.83. The van der Waals surface area contributed by atoms with E-state index in [1.807, 2.05) is 0 Å². The van der Waals surface area contributed by atoms with Gasteiger partial charge in [-0.15, -0.1) is 0 Å². The summed E-state index contributed by atoms with van der Waals surface area (Å²) in [6.07, 6.45) is -0.264. The van der Waals surface area contributed by atoms with E-state index in [1.54, 1.807) is 6.92 Å². The fourth-order valence-corrected chi connectivity index (χ4v) is 1.25. The van der Waals surface area contributed by atoms with Gasteiger partial charge >= 0.3 is 0 Å². The molecule has 0 radical (unpaired) electrons. The van der Waals surface area contributed by atoms with E-state index in [0.717, 1.165) is 0 Å². The Hall–Kier alpha value is -0.760. The average molecular weight is 153 g/mol. The van der Waals surface area contributed by atoms with Gasteiger partial charge < -0.3 is 9.67 Å². The van der Waals surface area contributed by atoms with Crippen molar-refractivity contribution in [1.82, 2.24) is 4.57 Å². The average Bonchev–Trinajstić information content (AvgIpc) is 2.18. The Kier molecular flexibility index (Phi) is 2.35. The van der Waals surface area contributed by atoms with Gasteiger partial charge in [0.15, 0.2) is 0 Å². The molecule has 1 aromatic rings. The van der Waals surface area contributed by atoms with E-state index in [1.165, 1.54) is 11.4 Å². The minimum Gasteiger partial charge on any atom is -0.392 e. The van der Waals surface area contributed by atoms with Gasteiger partial charge in [0.05, 0.1) is 6.10 Å². The largest absolute Gasteiger partial charge is 0.392 e. The molecule has 1 heterocycles. The Morgan fingerprint density at radius 1 is 1.36 bits per heavy atom. The fraction of sp³-hybridized carbons (Fsp3) is 0.556. The van der Waals surface area contributed by atoms with Crippen LogP contribution in [0.2, 0.25) is 0 Å². The van der Waals surface area contributed by atoms with Crippen molar-refractivity contribution < 1.29 is 5.11 Å². The molecular weight excluding hydrogens is 138 g/mol. The minimum absolute atomic E-state index is 0.264. The lowest BCUT2D eigenvalue weighted by atomic mass is 10.4. The molecule has 1 aromatic heterocycles. The van der Waals surface area contributed by atoms with Gasteiger partial charge in [0.25, 0.3) is 0 Å². The lowest BCUT2D eigenvalue weighted by Gasteiger charge is -2.10. The van der Waals surface area contributed by atoms with E-state index >= 15 is 0 Å². The molecule has 0 bridgehead atoms. The Labute approximate surface area is 67.5 Å². The minimum atomic E-state index is -0.264. The summed E-state index contributed by atoms with van der Waals surface area (Å²) in [7, 11) is 0. The van der Waals surface area contributed by atoms with Crippen molar-refractivity contribution in [2.75, 3.05) is 0 Å². The Bertz CT molecular complexity index is 218. The third-order valence-electron chi connectivity index (χ3n) is 1.86. The van der Waals surface area contributed by atoms with Crippen LogP contribution in [0.3, 0.4) is 0 Å².